The lowest BCUT2D eigenvalue weighted by Gasteiger charge is -2.22. The number of aryl methyl sites for hydroxylation is 2. The Kier molecular flexibility index (Phi) is 4.59. The average Bonchev–Trinajstić information content (AvgIpc) is 3.30. The molecular formula is C23H19N3O4S. The fourth-order valence-electron chi connectivity index (χ4n) is 3.92. The molecule has 0 saturated heterocycles. The molecule has 7 nitrogen and oxygen atoms in total. The monoisotopic (exact) mass is 433 g/mol. The van der Waals surface area contributed by atoms with Crippen LogP contribution in [0.5, 0.6) is 5.75 Å². The average molecular weight is 433 g/mol. The Morgan fingerprint density at radius 1 is 1.13 bits per heavy atom. The predicted octanol–water partition coefficient (Wildman–Crippen LogP) is 4.41. The van der Waals surface area contributed by atoms with Gasteiger partial charge in [0.15, 0.2) is 5.43 Å². The van der Waals surface area contributed by atoms with Crippen molar-refractivity contribution in [2.75, 3.05) is 11.5 Å². The van der Waals surface area contributed by atoms with Crippen LogP contribution < -0.4 is 15.1 Å². The third-order valence-electron chi connectivity index (χ3n) is 5.23. The summed E-state index contributed by atoms with van der Waals surface area (Å²) in [5.74, 6) is 0.300. The number of benzene rings is 2. The maximum Gasteiger partial charge on any atom is 0.297 e. The molecule has 1 amide bonds. The number of amides is 1. The Morgan fingerprint density at radius 2 is 1.97 bits per heavy atom. The number of hydrogen-bond acceptors (Lipinski definition) is 7. The first-order chi connectivity index (χ1) is 15.0. The fraction of sp³-hybridized carbons (Fsp3) is 0.217. The van der Waals surface area contributed by atoms with Gasteiger partial charge in [-0.25, -0.2) is 0 Å². The van der Waals surface area contributed by atoms with E-state index in [1.165, 1.54) is 16.2 Å². The number of carbonyl (C=O) groups is 1. The van der Waals surface area contributed by atoms with Crippen molar-refractivity contribution in [2.45, 2.75) is 26.8 Å². The van der Waals surface area contributed by atoms with Crippen LogP contribution in [-0.2, 0) is 0 Å². The van der Waals surface area contributed by atoms with E-state index in [9.17, 15) is 9.59 Å². The summed E-state index contributed by atoms with van der Waals surface area (Å²) < 4.78 is 11.6. The highest BCUT2D eigenvalue weighted by molar-refractivity contribution is 7.15. The van der Waals surface area contributed by atoms with Crippen LogP contribution in [0.1, 0.15) is 45.2 Å². The molecule has 5 rings (SSSR count). The van der Waals surface area contributed by atoms with E-state index in [1.54, 1.807) is 12.1 Å². The zero-order valence-electron chi connectivity index (χ0n) is 17.2. The van der Waals surface area contributed by atoms with E-state index in [-0.39, 0.29) is 11.2 Å². The molecule has 0 saturated carbocycles. The second-order valence-electron chi connectivity index (χ2n) is 7.36. The van der Waals surface area contributed by atoms with Crippen LogP contribution in [0, 0.1) is 13.8 Å². The Balaban J connectivity index is 1.80. The summed E-state index contributed by atoms with van der Waals surface area (Å²) in [6, 6.07) is 12.1. The van der Waals surface area contributed by atoms with Crippen molar-refractivity contribution in [3.8, 4) is 5.75 Å². The topological polar surface area (TPSA) is 85.5 Å². The van der Waals surface area contributed by atoms with E-state index in [2.05, 4.69) is 10.2 Å². The summed E-state index contributed by atoms with van der Waals surface area (Å²) in [5, 5.41) is 9.83. The maximum absolute atomic E-state index is 13.6. The molecule has 0 N–H and O–H groups in total. The van der Waals surface area contributed by atoms with Gasteiger partial charge in [-0.3, -0.25) is 14.5 Å². The molecule has 0 bridgehead atoms. The van der Waals surface area contributed by atoms with Gasteiger partial charge in [0.05, 0.1) is 23.6 Å². The molecule has 3 heterocycles. The summed E-state index contributed by atoms with van der Waals surface area (Å²) in [6.07, 6.45) is 0. The van der Waals surface area contributed by atoms with Crippen molar-refractivity contribution in [3.05, 3.63) is 80.1 Å². The zero-order chi connectivity index (χ0) is 21.7. The number of hydrogen-bond donors (Lipinski definition) is 0. The summed E-state index contributed by atoms with van der Waals surface area (Å²) in [4.78, 5) is 28.6. The number of ether oxygens (including phenoxy) is 1. The Hall–Kier alpha value is -3.52. The van der Waals surface area contributed by atoms with Gasteiger partial charge in [0.1, 0.15) is 16.3 Å². The van der Waals surface area contributed by atoms with E-state index in [4.69, 9.17) is 9.15 Å². The van der Waals surface area contributed by atoms with E-state index in [1.807, 2.05) is 51.1 Å². The molecule has 8 heteroatoms. The molecule has 0 spiro atoms. The van der Waals surface area contributed by atoms with Crippen molar-refractivity contribution in [2.24, 2.45) is 0 Å². The number of carbonyl (C=O) groups excluding carboxylic acids is 1. The fourth-order valence-corrected chi connectivity index (χ4v) is 4.64. The largest absolute Gasteiger partial charge is 0.494 e. The number of fused-ring (bicyclic) bond motifs is 2. The highest BCUT2D eigenvalue weighted by Crippen LogP contribution is 2.42. The van der Waals surface area contributed by atoms with Crippen LogP contribution in [0.25, 0.3) is 11.0 Å². The first-order valence-corrected chi connectivity index (χ1v) is 10.7. The maximum atomic E-state index is 13.6. The molecule has 31 heavy (non-hydrogen) atoms. The first kappa shape index (κ1) is 19.4. The minimum atomic E-state index is -0.684. The van der Waals surface area contributed by atoms with Crippen LogP contribution in [-0.4, -0.2) is 22.7 Å². The molecule has 2 aromatic carbocycles. The van der Waals surface area contributed by atoms with Crippen molar-refractivity contribution >= 4 is 33.3 Å². The number of anilines is 1. The lowest BCUT2D eigenvalue weighted by atomic mass is 9.98. The minimum absolute atomic E-state index is 0.0426. The lowest BCUT2D eigenvalue weighted by Crippen LogP contribution is -2.29. The Morgan fingerprint density at radius 3 is 2.71 bits per heavy atom. The highest BCUT2D eigenvalue weighted by atomic mass is 32.1. The molecule has 0 aliphatic carbocycles. The third-order valence-corrected chi connectivity index (χ3v) is 6.07. The second-order valence-corrected chi connectivity index (χ2v) is 8.52. The van der Waals surface area contributed by atoms with Crippen molar-refractivity contribution < 1.29 is 13.9 Å². The summed E-state index contributed by atoms with van der Waals surface area (Å²) in [5.41, 5.74) is 2.16. The van der Waals surface area contributed by atoms with E-state index in [0.29, 0.717) is 34.0 Å². The molecule has 1 atom stereocenters. The molecule has 0 radical (unpaired) electrons. The molecular weight excluding hydrogens is 414 g/mol. The van der Waals surface area contributed by atoms with Gasteiger partial charge in [-0.05, 0) is 50.6 Å². The highest BCUT2D eigenvalue weighted by Gasteiger charge is 2.45. The van der Waals surface area contributed by atoms with Crippen LogP contribution in [0.3, 0.4) is 0 Å². The Bertz CT molecular complexity index is 1390. The zero-order valence-corrected chi connectivity index (χ0v) is 18.0. The molecule has 2 aromatic heterocycles. The van der Waals surface area contributed by atoms with Crippen molar-refractivity contribution in [1.29, 1.82) is 0 Å². The van der Waals surface area contributed by atoms with Gasteiger partial charge in [-0.15, -0.1) is 10.2 Å². The van der Waals surface area contributed by atoms with Crippen molar-refractivity contribution in [3.63, 3.8) is 0 Å². The number of aromatic nitrogens is 2. The van der Waals surface area contributed by atoms with E-state index in [0.717, 1.165) is 16.1 Å². The normalized spacial score (nSPS) is 15.5. The van der Waals surface area contributed by atoms with E-state index >= 15 is 0 Å². The van der Waals surface area contributed by atoms with Gasteiger partial charge in [-0.2, -0.15) is 0 Å². The molecule has 1 aliphatic heterocycles. The quantitative estimate of drug-likeness (QED) is 0.474. The van der Waals surface area contributed by atoms with Gasteiger partial charge in [-0.1, -0.05) is 35.1 Å². The SMILES string of the molecule is CCOc1cccc([C@H]2c3c(oc4ccc(C)cc4c3=O)C(=O)N2c2nnc(C)s2)c1. The summed E-state index contributed by atoms with van der Waals surface area (Å²) >= 11 is 1.29. The van der Waals surface area contributed by atoms with Gasteiger partial charge in [0.25, 0.3) is 5.91 Å². The number of rotatable bonds is 4. The van der Waals surface area contributed by atoms with Crippen LogP contribution in [0.15, 0.2) is 51.7 Å². The second kappa shape index (κ2) is 7.31. The molecule has 0 unspecified atom stereocenters. The minimum Gasteiger partial charge on any atom is -0.494 e. The van der Waals surface area contributed by atoms with Gasteiger partial charge in [0, 0.05) is 0 Å². The standard InChI is InChI=1S/C23H19N3O4S/c1-4-29-15-7-5-6-14(11-15)19-18-20(27)16-10-12(2)8-9-17(16)30-21(18)22(28)26(19)23-25-24-13(3)31-23/h5-11,19H,4H2,1-3H3/t19-/m0/s1. The first-order valence-electron chi connectivity index (χ1n) is 9.91. The van der Waals surface area contributed by atoms with E-state index < -0.39 is 11.9 Å². The summed E-state index contributed by atoms with van der Waals surface area (Å²) in [7, 11) is 0. The predicted molar refractivity (Wildman–Crippen MR) is 118 cm³/mol. The van der Waals surface area contributed by atoms with Gasteiger partial charge < -0.3 is 9.15 Å². The number of nitrogens with zero attached hydrogens (tertiary/aromatic N) is 3. The van der Waals surface area contributed by atoms with Crippen LogP contribution in [0.4, 0.5) is 5.13 Å². The van der Waals surface area contributed by atoms with Crippen LogP contribution in [0.2, 0.25) is 0 Å². The van der Waals surface area contributed by atoms with Crippen LogP contribution >= 0.6 is 11.3 Å². The molecule has 4 aromatic rings. The molecule has 1 aliphatic rings. The Labute approximate surface area is 181 Å². The van der Waals surface area contributed by atoms with Gasteiger partial charge in [0.2, 0.25) is 10.9 Å². The lowest BCUT2D eigenvalue weighted by molar-refractivity contribution is 0.0970. The molecule has 0 fully saturated rings. The third kappa shape index (κ3) is 3.11. The smallest absolute Gasteiger partial charge is 0.297 e. The van der Waals surface area contributed by atoms with Crippen molar-refractivity contribution in [1.82, 2.24) is 10.2 Å². The summed E-state index contributed by atoms with van der Waals surface area (Å²) in [6.45, 7) is 6.14. The molecule has 156 valence electrons. The van der Waals surface area contributed by atoms with Gasteiger partial charge >= 0.3 is 0 Å².